The first-order valence-electron chi connectivity index (χ1n) is 12.0. The Kier molecular flexibility index (Phi) is 8.73. The van der Waals surface area contributed by atoms with Crippen molar-refractivity contribution in [1.29, 1.82) is 0 Å². The number of ether oxygens (including phenoxy) is 1. The van der Waals surface area contributed by atoms with Crippen molar-refractivity contribution < 1.29 is 31.9 Å². The van der Waals surface area contributed by atoms with Crippen LogP contribution < -0.4 is 11.2 Å². The average molecular weight is 613 g/mol. The summed E-state index contributed by atoms with van der Waals surface area (Å²) in [6.07, 6.45) is -4.92. The lowest BCUT2D eigenvalue weighted by molar-refractivity contribution is -0.151. The molecule has 0 spiro atoms. The molecule has 0 radical (unpaired) electrons. The quantitative estimate of drug-likeness (QED) is 0.294. The molecule has 1 aliphatic rings. The van der Waals surface area contributed by atoms with Gasteiger partial charge in [-0.1, -0.05) is 53.7 Å². The van der Waals surface area contributed by atoms with Gasteiger partial charge in [-0.2, -0.15) is 13.2 Å². The van der Waals surface area contributed by atoms with Crippen molar-refractivity contribution in [3.63, 3.8) is 0 Å². The highest BCUT2D eigenvalue weighted by Gasteiger charge is 2.39. The number of hydrogen-bond acceptors (Lipinski definition) is 7. The number of carbonyl (C=O) groups is 2. The fraction of sp³-hybridized carbons (Fsp3) is 0.269. The Labute approximate surface area is 239 Å². The number of benzene rings is 2. The molecular formula is C26H21ClF4N4O5S. The molecule has 4 rings (SSSR count). The van der Waals surface area contributed by atoms with Gasteiger partial charge in [0.25, 0.3) is 5.56 Å². The number of hydrogen-bond donors (Lipinski definition) is 0. The summed E-state index contributed by atoms with van der Waals surface area (Å²) < 4.78 is 60.3. The number of nitrogens with zero attached hydrogens (tertiary/aromatic N) is 4. The molecule has 3 aromatic rings. The first kappa shape index (κ1) is 30.1. The Hall–Kier alpha value is -3.91. The monoisotopic (exact) mass is 612 g/mol. The van der Waals surface area contributed by atoms with Crippen molar-refractivity contribution >= 4 is 46.1 Å². The molecule has 1 aromatic heterocycles. The van der Waals surface area contributed by atoms with Gasteiger partial charge in [-0.05, 0) is 24.6 Å². The molecule has 0 bridgehead atoms. The SMILES string of the molecule is CCOC(=O)C(Cc1ccccc1)N1C(=O)CS/C1=N\c1cc(-n2c(=O)cc(C(F)(F)F)n(C)c2=O)c(F)cc1Cl. The molecule has 15 heteroatoms. The van der Waals surface area contributed by atoms with E-state index in [1.165, 1.54) is 0 Å². The lowest BCUT2D eigenvalue weighted by atomic mass is 10.0. The van der Waals surface area contributed by atoms with E-state index in [1.54, 1.807) is 37.3 Å². The lowest BCUT2D eigenvalue weighted by Gasteiger charge is -2.26. The van der Waals surface area contributed by atoms with Crippen LogP contribution in [0.2, 0.25) is 5.02 Å². The van der Waals surface area contributed by atoms with Crippen molar-refractivity contribution in [3.8, 4) is 5.69 Å². The summed E-state index contributed by atoms with van der Waals surface area (Å²) in [6, 6.07) is 9.54. The second-order valence-electron chi connectivity index (χ2n) is 8.70. The highest BCUT2D eigenvalue weighted by Crippen LogP contribution is 2.34. The van der Waals surface area contributed by atoms with Gasteiger partial charge in [0, 0.05) is 19.5 Å². The van der Waals surface area contributed by atoms with Gasteiger partial charge in [0.2, 0.25) is 5.91 Å². The van der Waals surface area contributed by atoms with Crippen molar-refractivity contribution in [2.45, 2.75) is 25.6 Å². The first-order chi connectivity index (χ1) is 19.3. The number of amides is 1. The molecular weight excluding hydrogens is 592 g/mol. The van der Waals surface area contributed by atoms with Gasteiger partial charge in [-0.15, -0.1) is 0 Å². The fourth-order valence-electron chi connectivity index (χ4n) is 4.13. The number of aliphatic imine (C=N–C) groups is 1. The first-order valence-corrected chi connectivity index (χ1v) is 13.3. The maximum atomic E-state index is 15.0. The molecule has 0 saturated carbocycles. The summed E-state index contributed by atoms with van der Waals surface area (Å²) in [4.78, 5) is 56.6. The second kappa shape index (κ2) is 11.9. The summed E-state index contributed by atoms with van der Waals surface area (Å²) in [5, 5.41) is -0.276. The van der Waals surface area contributed by atoms with Crippen LogP contribution in [-0.2, 0) is 34.0 Å². The van der Waals surface area contributed by atoms with Crippen LogP contribution in [0.3, 0.4) is 0 Å². The Balaban J connectivity index is 1.82. The third-order valence-corrected chi connectivity index (χ3v) is 7.27. The normalized spacial score (nSPS) is 15.4. The molecule has 216 valence electrons. The molecule has 1 fully saturated rings. The van der Waals surface area contributed by atoms with E-state index in [1.807, 2.05) is 0 Å². The van der Waals surface area contributed by atoms with Crippen LogP contribution >= 0.6 is 23.4 Å². The van der Waals surface area contributed by atoms with Crippen LogP contribution in [0.25, 0.3) is 5.69 Å². The van der Waals surface area contributed by atoms with Crippen LogP contribution in [0.5, 0.6) is 0 Å². The molecule has 1 amide bonds. The van der Waals surface area contributed by atoms with Crippen molar-refractivity contribution in [2.24, 2.45) is 12.0 Å². The number of amidine groups is 1. The fourth-order valence-corrected chi connectivity index (χ4v) is 5.24. The van der Waals surface area contributed by atoms with Gasteiger partial charge in [-0.25, -0.2) is 23.5 Å². The maximum Gasteiger partial charge on any atom is 0.431 e. The maximum absolute atomic E-state index is 15.0. The number of carbonyl (C=O) groups excluding carboxylic acids is 2. The third kappa shape index (κ3) is 6.22. The highest BCUT2D eigenvalue weighted by molar-refractivity contribution is 8.15. The summed E-state index contributed by atoms with van der Waals surface area (Å²) in [7, 11) is 0.789. The minimum absolute atomic E-state index is 0.0103. The van der Waals surface area contributed by atoms with Crippen molar-refractivity contribution in [3.05, 3.63) is 91.5 Å². The standard InChI is InChI=1S/C26H21ClF4N4O5S/c1-3-40-23(38)19(9-14-7-5-4-6-8-14)34-22(37)13-41-24(34)32-17-11-18(16(28)10-15(17)27)35-21(36)12-20(26(29,30)31)33(2)25(35)39/h4-8,10-12,19H,3,9,13H2,1-2H3/b32-24-. The van der Waals surface area contributed by atoms with Crippen LogP contribution in [0, 0.1) is 5.82 Å². The molecule has 41 heavy (non-hydrogen) atoms. The van der Waals surface area contributed by atoms with Crippen LogP contribution in [0.15, 0.2) is 63.1 Å². The molecule has 2 aromatic carbocycles. The van der Waals surface area contributed by atoms with Gasteiger partial charge in [0.15, 0.2) is 5.17 Å². The largest absolute Gasteiger partial charge is 0.464 e. The lowest BCUT2D eigenvalue weighted by Crippen LogP contribution is -2.46. The smallest absolute Gasteiger partial charge is 0.431 e. The van der Waals surface area contributed by atoms with Crippen LogP contribution in [0.4, 0.5) is 23.2 Å². The van der Waals surface area contributed by atoms with E-state index in [2.05, 4.69) is 4.99 Å². The highest BCUT2D eigenvalue weighted by atomic mass is 35.5. The van der Waals surface area contributed by atoms with Gasteiger partial charge < -0.3 is 4.74 Å². The number of alkyl halides is 3. The molecule has 9 nitrogen and oxygen atoms in total. The number of aromatic nitrogens is 2. The van der Waals surface area contributed by atoms with E-state index in [0.29, 0.717) is 0 Å². The van der Waals surface area contributed by atoms with E-state index in [4.69, 9.17) is 16.3 Å². The summed E-state index contributed by atoms with van der Waals surface area (Å²) >= 11 is 7.16. The van der Waals surface area contributed by atoms with E-state index in [9.17, 15) is 36.7 Å². The Bertz CT molecular complexity index is 1660. The second-order valence-corrected chi connectivity index (χ2v) is 10.1. The average Bonchev–Trinajstić information content (AvgIpc) is 3.26. The van der Waals surface area contributed by atoms with E-state index < -0.39 is 52.5 Å². The number of esters is 1. The minimum atomic E-state index is -5.01. The molecule has 1 aliphatic heterocycles. The van der Waals surface area contributed by atoms with Gasteiger partial charge in [0.05, 0.1) is 28.8 Å². The molecule has 1 atom stereocenters. The predicted octanol–water partition coefficient (Wildman–Crippen LogP) is 4.08. The Morgan fingerprint density at radius 3 is 2.46 bits per heavy atom. The molecule has 0 N–H and O–H groups in total. The molecule has 0 aliphatic carbocycles. The summed E-state index contributed by atoms with van der Waals surface area (Å²) in [5.41, 5.74) is -4.59. The van der Waals surface area contributed by atoms with Crippen molar-refractivity contribution in [2.75, 3.05) is 12.4 Å². The predicted molar refractivity (Wildman–Crippen MR) is 144 cm³/mol. The Morgan fingerprint density at radius 2 is 1.83 bits per heavy atom. The van der Waals surface area contributed by atoms with E-state index in [0.717, 1.165) is 41.4 Å². The third-order valence-electron chi connectivity index (χ3n) is 6.03. The molecule has 1 unspecified atom stereocenters. The minimum Gasteiger partial charge on any atom is -0.464 e. The number of thioether (sulfide) groups is 1. The molecule has 1 saturated heterocycles. The zero-order valence-electron chi connectivity index (χ0n) is 21.4. The van der Waals surface area contributed by atoms with E-state index in [-0.39, 0.29) is 49.9 Å². The van der Waals surface area contributed by atoms with Crippen LogP contribution in [0.1, 0.15) is 18.2 Å². The van der Waals surface area contributed by atoms with Gasteiger partial charge in [0.1, 0.15) is 17.6 Å². The number of rotatable bonds is 7. The zero-order chi connectivity index (χ0) is 30.1. The van der Waals surface area contributed by atoms with Gasteiger partial charge in [-0.3, -0.25) is 19.1 Å². The van der Waals surface area contributed by atoms with E-state index >= 15 is 0 Å². The molecule has 2 heterocycles. The summed E-state index contributed by atoms with van der Waals surface area (Å²) in [5.74, 6) is -2.42. The zero-order valence-corrected chi connectivity index (χ0v) is 23.0. The topological polar surface area (TPSA) is 103 Å². The van der Waals surface area contributed by atoms with Gasteiger partial charge >= 0.3 is 17.8 Å². The summed E-state index contributed by atoms with van der Waals surface area (Å²) in [6.45, 7) is 1.66. The van der Waals surface area contributed by atoms with Crippen LogP contribution in [-0.4, -0.2) is 49.5 Å². The Morgan fingerprint density at radius 1 is 1.15 bits per heavy atom. The van der Waals surface area contributed by atoms with Crippen molar-refractivity contribution in [1.82, 2.24) is 14.0 Å². The number of halogens is 5.